The highest BCUT2D eigenvalue weighted by Crippen LogP contribution is 2.12. The summed E-state index contributed by atoms with van der Waals surface area (Å²) in [5, 5.41) is 16.2. The van der Waals surface area contributed by atoms with E-state index in [1.807, 2.05) is 0 Å². The second-order valence-corrected chi connectivity index (χ2v) is 7.39. The Hall–Kier alpha value is -2.69. The second kappa shape index (κ2) is 10.6. The van der Waals surface area contributed by atoms with Crippen molar-refractivity contribution in [3.8, 4) is 0 Å². The molecule has 1 heterocycles. The molecule has 1 rings (SSSR count). The summed E-state index contributed by atoms with van der Waals surface area (Å²) >= 11 is 0. The number of nitrogens with one attached hydrogen (secondary N) is 2. The van der Waals surface area contributed by atoms with Crippen LogP contribution >= 0.6 is 0 Å². The van der Waals surface area contributed by atoms with Crippen LogP contribution in [0, 0.1) is 17.0 Å². The Morgan fingerprint density at radius 1 is 1.32 bits per heavy atom. The molecule has 0 aliphatic rings. The van der Waals surface area contributed by atoms with Crippen LogP contribution in [0.15, 0.2) is 6.20 Å². The van der Waals surface area contributed by atoms with Gasteiger partial charge >= 0.3 is 11.9 Å². The van der Waals surface area contributed by atoms with Crippen LogP contribution in [0.5, 0.6) is 0 Å². The lowest BCUT2D eigenvalue weighted by molar-refractivity contribution is -0.392. The number of amides is 2. The van der Waals surface area contributed by atoms with E-state index in [0.717, 1.165) is 0 Å². The molecule has 0 aliphatic heterocycles. The lowest BCUT2D eigenvalue weighted by Gasteiger charge is -2.19. The molecule has 28 heavy (non-hydrogen) atoms. The predicted molar refractivity (Wildman–Crippen MR) is 103 cm³/mol. The summed E-state index contributed by atoms with van der Waals surface area (Å²) in [6.45, 7) is 7.91. The maximum absolute atomic E-state index is 12.0. The minimum absolute atomic E-state index is 0.117. The van der Waals surface area contributed by atoms with Gasteiger partial charge in [0, 0.05) is 13.5 Å². The summed E-state index contributed by atoms with van der Waals surface area (Å²) in [6.07, 6.45) is 2.51. The number of aromatic nitrogens is 2. The Morgan fingerprint density at radius 3 is 2.61 bits per heavy atom. The Labute approximate surface area is 164 Å². The normalized spacial score (nSPS) is 12.3. The van der Waals surface area contributed by atoms with Crippen LogP contribution in [-0.4, -0.2) is 51.2 Å². The number of unbranched alkanes of at least 4 members (excludes halogenated alkanes) is 1. The maximum Gasteiger partial charge on any atom is 0.407 e. The van der Waals surface area contributed by atoms with Crippen molar-refractivity contribution in [1.29, 1.82) is 0 Å². The highest BCUT2D eigenvalue weighted by atomic mass is 16.6. The van der Waals surface area contributed by atoms with Gasteiger partial charge in [-0.2, -0.15) is 0 Å². The van der Waals surface area contributed by atoms with Crippen LogP contribution in [0.25, 0.3) is 0 Å². The molecular formula is C17H30N6O5. The topological polar surface area (TPSA) is 154 Å². The highest BCUT2D eigenvalue weighted by Gasteiger charge is 2.18. The van der Waals surface area contributed by atoms with Gasteiger partial charge in [-0.05, 0) is 45.0 Å². The zero-order chi connectivity index (χ0) is 21.3. The van der Waals surface area contributed by atoms with Crippen molar-refractivity contribution in [2.24, 2.45) is 5.73 Å². The molecule has 0 aromatic carbocycles. The molecule has 1 unspecified atom stereocenters. The molecule has 4 N–H and O–H groups in total. The number of imidazole rings is 1. The van der Waals surface area contributed by atoms with E-state index in [9.17, 15) is 19.7 Å². The SMILES string of the molecule is Cc1ncc([N+](=O)[O-])n1CCNC(=O)C(N)CCCCNC(=O)OC(C)(C)C. The van der Waals surface area contributed by atoms with Crippen LogP contribution in [0.1, 0.15) is 45.9 Å². The number of nitrogens with two attached hydrogens (primary N) is 1. The molecule has 2 amide bonds. The van der Waals surface area contributed by atoms with Crippen molar-refractivity contribution in [2.45, 2.75) is 65.1 Å². The van der Waals surface area contributed by atoms with Crippen molar-refractivity contribution in [2.75, 3.05) is 13.1 Å². The molecule has 11 nitrogen and oxygen atoms in total. The lowest BCUT2D eigenvalue weighted by Crippen LogP contribution is -2.41. The van der Waals surface area contributed by atoms with Gasteiger partial charge in [-0.1, -0.05) is 0 Å². The zero-order valence-electron chi connectivity index (χ0n) is 16.9. The monoisotopic (exact) mass is 398 g/mol. The first-order valence-corrected chi connectivity index (χ1v) is 9.18. The van der Waals surface area contributed by atoms with Crippen molar-refractivity contribution in [3.05, 3.63) is 22.1 Å². The molecule has 0 aliphatic carbocycles. The van der Waals surface area contributed by atoms with Crippen molar-refractivity contribution in [3.63, 3.8) is 0 Å². The Bertz CT molecular complexity index is 682. The molecule has 11 heteroatoms. The summed E-state index contributed by atoms with van der Waals surface area (Å²) in [5.41, 5.74) is 5.32. The molecule has 0 radical (unpaired) electrons. The third-order valence-corrected chi connectivity index (χ3v) is 3.80. The number of hydrogen-bond acceptors (Lipinski definition) is 7. The fourth-order valence-electron chi connectivity index (χ4n) is 2.43. The third kappa shape index (κ3) is 8.33. The molecule has 1 aromatic heterocycles. The van der Waals surface area contributed by atoms with Crippen molar-refractivity contribution >= 4 is 17.8 Å². The number of ether oxygens (including phenoxy) is 1. The number of carbonyl (C=O) groups excluding carboxylic acids is 2. The molecule has 0 fully saturated rings. The average molecular weight is 398 g/mol. The quantitative estimate of drug-likeness (QED) is 0.304. The number of rotatable bonds is 10. The van der Waals surface area contributed by atoms with E-state index in [1.54, 1.807) is 27.7 Å². The van der Waals surface area contributed by atoms with E-state index in [-0.39, 0.29) is 24.8 Å². The van der Waals surface area contributed by atoms with Crippen LogP contribution in [0.3, 0.4) is 0 Å². The number of nitrogens with zero attached hydrogens (tertiary/aromatic N) is 3. The fourth-order valence-corrected chi connectivity index (χ4v) is 2.43. The van der Waals surface area contributed by atoms with E-state index in [1.165, 1.54) is 10.8 Å². The number of hydrogen-bond donors (Lipinski definition) is 3. The number of nitro groups is 1. The molecule has 0 saturated carbocycles. The molecule has 1 aromatic rings. The zero-order valence-corrected chi connectivity index (χ0v) is 16.9. The van der Waals surface area contributed by atoms with E-state index in [4.69, 9.17) is 10.5 Å². The first kappa shape index (κ1) is 23.3. The maximum atomic E-state index is 12.0. The van der Waals surface area contributed by atoms with Gasteiger partial charge in [0.25, 0.3) is 0 Å². The summed E-state index contributed by atoms with van der Waals surface area (Å²) in [7, 11) is 0. The lowest BCUT2D eigenvalue weighted by atomic mass is 10.1. The average Bonchev–Trinajstić information content (AvgIpc) is 2.93. The van der Waals surface area contributed by atoms with Gasteiger partial charge in [-0.25, -0.2) is 14.3 Å². The highest BCUT2D eigenvalue weighted by molar-refractivity contribution is 5.81. The van der Waals surface area contributed by atoms with Gasteiger partial charge in [0.15, 0.2) is 5.82 Å². The molecule has 0 spiro atoms. The van der Waals surface area contributed by atoms with Crippen molar-refractivity contribution < 1.29 is 19.2 Å². The summed E-state index contributed by atoms with van der Waals surface area (Å²) in [4.78, 5) is 37.8. The van der Waals surface area contributed by atoms with Gasteiger partial charge in [0.2, 0.25) is 5.91 Å². The number of aryl methyl sites for hydroxylation is 1. The first-order valence-electron chi connectivity index (χ1n) is 9.18. The molecule has 0 bridgehead atoms. The largest absolute Gasteiger partial charge is 0.444 e. The third-order valence-electron chi connectivity index (χ3n) is 3.80. The van der Waals surface area contributed by atoms with E-state index >= 15 is 0 Å². The molecule has 0 saturated heterocycles. The smallest absolute Gasteiger partial charge is 0.407 e. The standard InChI is InChI=1S/C17H30N6O5/c1-12-21-11-14(23(26)27)22(12)10-9-19-15(24)13(18)7-5-6-8-20-16(25)28-17(2,3)4/h11,13H,5-10,18H2,1-4H3,(H,19,24)(H,20,25). The summed E-state index contributed by atoms with van der Waals surface area (Å²) < 4.78 is 6.55. The predicted octanol–water partition coefficient (Wildman–Crippen LogP) is 1.24. The molecule has 158 valence electrons. The fraction of sp³-hybridized carbons (Fsp3) is 0.706. The molecular weight excluding hydrogens is 368 g/mol. The Kier molecular flexibility index (Phi) is 8.83. The van der Waals surface area contributed by atoms with Crippen LogP contribution < -0.4 is 16.4 Å². The van der Waals surface area contributed by atoms with E-state index < -0.39 is 22.7 Å². The van der Waals surface area contributed by atoms with Gasteiger partial charge < -0.3 is 31.2 Å². The summed E-state index contributed by atoms with van der Waals surface area (Å²) in [5.74, 6) is 0.0665. The van der Waals surface area contributed by atoms with Gasteiger partial charge in [-0.15, -0.1) is 0 Å². The first-order chi connectivity index (χ1) is 13.0. The number of carbonyl (C=O) groups is 2. The van der Waals surface area contributed by atoms with Gasteiger partial charge in [0.05, 0.1) is 12.6 Å². The van der Waals surface area contributed by atoms with Gasteiger partial charge in [-0.3, -0.25) is 4.79 Å². The second-order valence-electron chi connectivity index (χ2n) is 7.39. The minimum atomic E-state index is -0.680. The number of alkyl carbamates (subject to hydrolysis) is 1. The van der Waals surface area contributed by atoms with E-state index in [2.05, 4.69) is 15.6 Å². The van der Waals surface area contributed by atoms with Crippen molar-refractivity contribution in [1.82, 2.24) is 20.2 Å². The van der Waals surface area contributed by atoms with Crippen LogP contribution in [0.2, 0.25) is 0 Å². The Morgan fingerprint density at radius 2 is 2.00 bits per heavy atom. The summed E-state index contributed by atoms with van der Waals surface area (Å²) in [6, 6.07) is -0.680. The molecule has 1 atom stereocenters. The van der Waals surface area contributed by atoms with Crippen LogP contribution in [-0.2, 0) is 16.1 Å². The Balaban J connectivity index is 2.23. The van der Waals surface area contributed by atoms with Crippen LogP contribution in [0.4, 0.5) is 10.6 Å². The van der Waals surface area contributed by atoms with Gasteiger partial charge in [0.1, 0.15) is 18.3 Å². The minimum Gasteiger partial charge on any atom is -0.444 e. The van der Waals surface area contributed by atoms with E-state index in [0.29, 0.717) is 31.6 Å².